The van der Waals surface area contributed by atoms with Gasteiger partial charge in [-0.05, 0) is 0 Å². The first-order valence-electron chi connectivity index (χ1n) is 4.45. The fourth-order valence-corrected chi connectivity index (χ4v) is 3.42. The maximum Gasteiger partial charge on any atom is 0.185 e. The summed E-state index contributed by atoms with van der Waals surface area (Å²) >= 11 is 11.3. The molecule has 0 aromatic rings. The minimum atomic E-state index is -0.900. The molecule has 7 heteroatoms. The molecule has 1 N–H and O–H groups in total. The Kier molecular flexibility index (Phi) is 6.58. The molecule has 2 atom stereocenters. The van der Waals surface area contributed by atoms with Crippen LogP contribution in [0.2, 0.25) is 0 Å². The van der Waals surface area contributed by atoms with Crippen LogP contribution in [-0.4, -0.2) is 48.8 Å². The highest BCUT2D eigenvalue weighted by atomic mass is 35.5. The van der Waals surface area contributed by atoms with Crippen molar-refractivity contribution in [3.63, 3.8) is 0 Å². The standard InChI is InChI=1S/C7H14Cl2FN2OP/c8-1-3-12(4-2-9)14-11-5-7(10)6-13-14/h7,11H,1-6H2. The third-order valence-corrected chi connectivity index (χ3v) is 3.87. The van der Waals surface area contributed by atoms with Crippen molar-refractivity contribution < 1.29 is 8.91 Å². The first-order valence-corrected chi connectivity index (χ1v) is 6.73. The molecule has 2 unspecified atom stereocenters. The number of nitrogens with one attached hydrogen (secondary N) is 1. The van der Waals surface area contributed by atoms with E-state index < -0.39 is 14.6 Å². The van der Waals surface area contributed by atoms with Gasteiger partial charge in [-0.25, -0.2) is 9.06 Å². The third kappa shape index (κ3) is 4.13. The van der Waals surface area contributed by atoms with E-state index in [1.807, 2.05) is 4.67 Å². The maximum atomic E-state index is 12.7. The number of rotatable bonds is 5. The molecule has 1 rings (SSSR count). The zero-order valence-corrected chi connectivity index (χ0v) is 10.2. The summed E-state index contributed by atoms with van der Waals surface area (Å²) in [7, 11) is -0.899. The molecule has 0 aliphatic carbocycles. The highest BCUT2D eigenvalue weighted by Crippen LogP contribution is 2.39. The van der Waals surface area contributed by atoms with Gasteiger partial charge in [-0.3, -0.25) is 5.09 Å². The molecular weight excluding hydrogens is 249 g/mol. The van der Waals surface area contributed by atoms with E-state index in [1.165, 1.54) is 0 Å². The summed E-state index contributed by atoms with van der Waals surface area (Å²) in [6.45, 7) is 1.94. The fourth-order valence-electron chi connectivity index (χ4n) is 1.10. The number of nitrogens with zero attached hydrogens (tertiary/aromatic N) is 1. The summed E-state index contributed by atoms with van der Waals surface area (Å²) in [4.78, 5) is 0. The largest absolute Gasteiger partial charge is 0.328 e. The highest BCUT2D eigenvalue weighted by molar-refractivity contribution is 7.47. The van der Waals surface area contributed by atoms with Gasteiger partial charge < -0.3 is 4.52 Å². The van der Waals surface area contributed by atoms with Gasteiger partial charge in [0.1, 0.15) is 6.17 Å². The van der Waals surface area contributed by atoms with E-state index in [-0.39, 0.29) is 6.61 Å². The Morgan fingerprint density at radius 2 is 2.07 bits per heavy atom. The molecule has 84 valence electrons. The lowest BCUT2D eigenvalue weighted by molar-refractivity contribution is 0.174. The van der Waals surface area contributed by atoms with Gasteiger partial charge in [0.05, 0.1) is 6.61 Å². The normalized spacial score (nSPS) is 28.3. The highest BCUT2D eigenvalue weighted by Gasteiger charge is 2.25. The van der Waals surface area contributed by atoms with Crippen LogP contribution in [0, 0.1) is 0 Å². The number of alkyl halides is 3. The van der Waals surface area contributed by atoms with Gasteiger partial charge >= 0.3 is 0 Å². The lowest BCUT2D eigenvalue weighted by atomic mass is 10.4. The van der Waals surface area contributed by atoms with Crippen molar-refractivity contribution in [3.8, 4) is 0 Å². The van der Waals surface area contributed by atoms with Crippen LogP contribution in [0.25, 0.3) is 0 Å². The van der Waals surface area contributed by atoms with Crippen molar-refractivity contribution in [2.45, 2.75) is 6.17 Å². The van der Waals surface area contributed by atoms with Gasteiger partial charge in [0.25, 0.3) is 0 Å². The summed E-state index contributed by atoms with van der Waals surface area (Å²) in [6.07, 6.45) is -0.900. The third-order valence-electron chi connectivity index (χ3n) is 1.77. The van der Waals surface area contributed by atoms with Gasteiger partial charge in [-0.1, -0.05) is 0 Å². The lowest BCUT2D eigenvalue weighted by Crippen LogP contribution is -2.37. The Hall–Kier alpha value is 0.820. The van der Waals surface area contributed by atoms with Crippen LogP contribution in [0.15, 0.2) is 0 Å². The molecule has 3 nitrogen and oxygen atoms in total. The van der Waals surface area contributed by atoms with Crippen LogP contribution in [0.1, 0.15) is 0 Å². The van der Waals surface area contributed by atoms with Crippen molar-refractivity contribution in [1.29, 1.82) is 0 Å². The first-order chi connectivity index (χ1) is 6.77. The quantitative estimate of drug-likeness (QED) is 0.606. The van der Waals surface area contributed by atoms with E-state index in [0.29, 0.717) is 31.4 Å². The van der Waals surface area contributed by atoms with Crippen LogP contribution in [0.5, 0.6) is 0 Å². The zero-order valence-electron chi connectivity index (χ0n) is 7.76. The molecule has 0 amide bonds. The number of hydrogen-bond donors (Lipinski definition) is 1. The molecule has 1 aliphatic rings. The average molecular weight is 263 g/mol. The van der Waals surface area contributed by atoms with E-state index in [9.17, 15) is 4.39 Å². The SMILES string of the molecule is FC1CNP(N(CCCl)CCCl)OC1. The van der Waals surface area contributed by atoms with E-state index in [0.717, 1.165) is 0 Å². The Balaban J connectivity index is 2.34. The van der Waals surface area contributed by atoms with Crippen molar-refractivity contribution >= 4 is 31.7 Å². The van der Waals surface area contributed by atoms with Crippen LogP contribution in [0.3, 0.4) is 0 Å². The van der Waals surface area contributed by atoms with Gasteiger partial charge in [-0.2, -0.15) is 0 Å². The van der Waals surface area contributed by atoms with Crippen LogP contribution in [-0.2, 0) is 4.52 Å². The van der Waals surface area contributed by atoms with Gasteiger partial charge in [0.2, 0.25) is 0 Å². The number of hydrogen-bond acceptors (Lipinski definition) is 3. The molecular formula is C7H14Cl2FN2OP. The number of halogens is 3. The molecule has 0 spiro atoms. The van der Waals surface area contributed by atoms with Gasteiger partial charge in [0, 0.05) is 31.4 Å². The predicted octanol–water partition coefficient (Wildman–Crippen LogP) is 1.95. The summed E-state index contributed by atoms with van der Waals surface area (Å²) in [5.74, 6) is 1.06. The Morgan fingerprint density at radius 3 is 2.50 bits per heavy atom. The summed E-state index contributed by atoms with van der Waals surface area (Å²) in [5.41, 5.74) is 0. The second-order valence-corrected chi connectivity index (χ2v) is 5.30. The minimum absolute atomic E-state index is 0.166. The molecule has 0 radical (unpaired) electrons. The summed E-state index contributed by atoms with van der Waals surface area (Å²) < 4.78 is 20.1. The molecule has 0 aromatic carbocycles. The van der Waals surface area contributed by atoms with Crippen LogP contribution < -0.4 is 5.09 Å². The molecule has 1 saturated heterocycles. The van der Waals surface area contributed by atoms with E-state index in [4.69, 9.17) is 27.7 Å². The fraction of sp³-hybridized carbons (Fsp3) is 1.00. The molecule has 0 aromatic heterocycles. The molecule has 1 heterocycles. The second kappa shape index (κ2) is 7.15. The van der Waals surface area contributed by atoms with E-state index in [1.54, 1.807) is 0 Å². The van der Waals surface area contributed by atoms with Crippen molar-refractivity contribution in [2.24, 2.45) is 0 Å². The summed E-state index contributed by atoms with van der Waals surface area (Å²) in [5, 5.41) is 3.01. The average Bonchev–Trinajstić information content (AvgIpc) is 2.19. The molecule has 14 heavy (non-hydrogen) atoms. The smallest absolute Gasteiger partial charge is 0.185 e. The van der Waals surface area contributed by atoms with Gasteiger partial charge in [-0.15, -0.1) is 23.2 Å². The summed E-state index contributed by atoms with van der Waals surface area (Å²) in [6, 6.07) is 0. The lowest BCUT2D eigenvalue weighted by Gasteiger charge is -2.33. The second-order valence-electron chi connectivity index (χ2n) is 2.86. The molecule has 1 aliphatic heterocycles. The van der Waals surface area contributed by atoms with Crippen LogP contribution >= 0.6 is 31.7 Å². The minimum Gasteiger partial charge on any atom is -0.328 e. The monoisotopic (exact) mass is 262 g/mol. The van der Waals surface area contributed by atoms with Crippen molar-refractivity contribution in [1.82, 2.24) is 9.76 Å². The Bertz CT molecular complexity index is 155. The van der Waals surface area contributed by atoms with Crippen molar-refractivity contribution in [3.05, 3.63) is 0 Å². The molecule has 1 fully saturated rings. The molecule has 0 saturated carbocycles. The predicted molar refractivity (Wildman–Crippen MR) is 58.8 cm³/mol. The van der Waals surface area contributed by atoms with Gasteiger partial charge in [0.15, 0.2) is 8.45 Å². The maximum absolute atomic E-state index is 12.7. The van der Waals surface area contributed by atoms with E-state index >= 15 is 0 Å². The van der Waals surface area contributed by atoms with E-state index in [2.05, 4.69) is 5.09 Å². The topological polar surface area (TPSA) is 24.5 Å². The zero-order chi connectivity index (χ0) is 10.4. The first kappa shape index (κ1) is 12.9. The Labute approximate surface area is 94.8 Å². The Morgan fingerprint density at radius 1 is 1.43 bits per heavy atom. The van der Waals surface area contributed by atoms with Crippen LogP contribution in [0.4, 0.5) is 4.39 Å². The molecule has 0 bridgehead atoms. The van der Waals surface area contributed by atoms with Crippen molar-refractivity contribution in [2.75, 3.05) is 38.0 Å².